The molecule has 8 nitrogen and oxygen atoms in total. The lowest BCUT2D eigenvalue weighted by atomic mass is 10.2. The fourth-order valence-corrected chi connectivity index (χ4v) is 2.88. The Morgan fingerprint density at radius 3 is 2.53 bits per heavy atom. The summed E-state index contributed by atoms with van der Waals surface area (Å²) in [4.78, 5) is 39.3. The van der Waals surface area contributed by atoms with Crippen LogP contribution in [0.3, 0.4) is 0 Å². The monoisotopic (exact) mass is 447 g/mol. The molecule has 156 valence electrons. The van der Waals surface area contributed by atoms with Gasteiger partial charge in [0.25, 0.3) is 5.96 Å². The third-order valence-electron chi connectivity index (χ3n) is 3.98. The van der Waals surface area contributed by atoms with Gasteiger partial charge in [-0.15, -0.1) is 0 Å². The second-order valence-electron chi connectivity index (χ2n) is 6.57. The van der Waals surface area contributed by atoms with E-state index in [1.807, 2.05) is 30.3 Å². The van der Waals surface area contributed by atoms with Crippen molar-refractivity contribution in [3.8, 4) is 0 Å². The molecule has 1 saturated heterocycles. The molecule has 0 saturated carbocycles. The minimum absolute atomic E-state index is 0.0139. The Hall–Kier alpha value is -2.94. The summed E-state index contributed by atoms with van der Waals surface area (Å²) in [6, 6.07) is 14.0. The Balaban J connectivity index is 1.88. The van der Waals surface area contributed by atoms with Crippen molar-refractivity contribution in [2.45, 2.75) is 26.5 Å². The van der Waals surface area contributed by atoms with Crippen LogP contribution < -0.4 is 10.8 Å². The molecule has 2 N–H and O–H groups in total. The van der Waals surface area contributed by atoms with Crippen molar-refractivity contribution in [2.75, 3.05) is 0 Å². The zero-order chi connectivity index (χ0) is 21.7. The smallest absolute Gasteiger partial charge is 0.287 e. The Morgan fingerprint density at radius 2 is 1.87 bits per heavy atom. The molecule has 1 aliphatic heterocycles. The van der Waals surface area contributed by atoms with Crippen LogP contribution in [0, 0.1) is 0 Å². The van der Waals surface area contributed by atoms with Crippen molar-refractivity contribution in [1.82, 2.24) is 15.7 Å². The van der Waals surface area contributed by atoms with E-state index in [1.165, 1.54) is 4.90 Å². The van der Waals surface area contributed by atoms with E-state index in [-0.39, 0.29) is 24.6 Å². The minimum atomic E-state index is -0.762. The molecule has 0 unspecified atom stereocenters. The predicted octanol–water partition coefficient (Wildman–Crippen LogP) is 3.43. The minimum Gasteiger partial charge on any atom is -0.287 e. The Bertz CT molecular complexity index is 1010. The topological polar surface area (TPSA) is 95.4 Å². The lowest BCUT2D eigenvalue weighted by Gasteiger charge is -2.19. The molecule has 3 rings (SSSR count). The molecule has 1 fully saturated rings. The maximum absolute atomic E-state index is 12.1. The third kappa shape index (κ3) is 5.35. The highest BCUT2D eigenvalue weighted by molar-refractivity contribution is 6.46. The number of halogens is 2. The van der Waals surface area contributed by atoms with E-state index in [0.29, 0.717) is 15.7 Å². The van der Waals surface area contributed by atoms with Crippen molar-refractivity contribution in [2.24, 2.45) is 9.98 Å². The van der Waals surface area contributed by atoms with Gasteiger partial charge in [0, 0.05) is 6.04 Å². The summed E-state index contributed by atoms with van der Waals surface area (Å²) < 4.78 is 0. The first-order valence-corrected chi connectivity index (χ1v) is 9.79. The first-order valence-electron chi connectivity index (χ1n) is 9.04. The maximum atomic E-state index is 12.1. The number of nitrogens with zero attached hydrogens (tertiary/aromatic N) is 3. The second-order valence-corrected chi connectivity index (χ2v) is 7.38. The summed E-state index contributed by atoms with van der Waals surface area (Å²) in [5.41, 5.74) is 4.04. The number of rotatable bonds is 5. The van der Waals surface area contributed by atoms with Gasteiger partial charge in [-0.05, 0) is 37.6 Å². The molecule has 30 heavy (non-hydrogen) atoms. The quantitative estimate of drug-likeness (QED) is 0.317. The van der Waals surface area contributed by atoms with Gasteiger partial charge in [0.15, 0.2) is 0 Å². The zero-order valence-electron chi connectivity index (χ0n) is 16.2. The molecule has 1 heterocycles. The average molecular weight is 448 g/mol. The van der Waals surface area contributed by atoms with Crippen LogP contribution in [0.4, 0.5) is 5.69 Å². The summed E-state index contributed by atoms with van der Waals surface area (Å²) in [5.74, 6) is -1.39. The summed E-state index contributed by atoms with van der Waals surface area (Å²) in [5, 5.41) is 3.15. The van der Waals surface area contributed by atoms with Crippen molar-refractivity contribution >= 4 is 52.6 Å². The van der Waals surface area contributed by atoms with Crippen LogP contribution in [-0.4, -0.2) is 34.7 Å². The molecule has 0 atom stereocenters. The summed E-state index contributed by atoms with van der Waals surface area (Å²) in [6.07, 6.45) is 0. The van der Waals surface area contributed by atoms with Gasteiger partial charge in [0.1, 0.15) is 0 Å². The highest BCUT2D eigenvalue weighted by atomic mass is 35.5. The number of guanidine groups is 2. The first-order chi connectivity index (χ1) is 14.3. The van der Waals surface area contributed by atoms with Crippen LogP contribution >= 0.6 is 23.2 Å². The van der Waals surface area contributed by atoms with Crippen LogP contribution in [0.25, 0.3) is 0 Å². The van der Waals surface area contributed by atoms with Crippen LogP contribution in [-0.2, 0) is 21.0 Å². The van der Waals surface area contributed by atoms with Gasteiger partial charge in [-0.3, -0.25) is 24.6 Å². The lowest BCUT2D eigenvalue weighted by molar-refractivity contribution is -0.140. The van der Waals surface area contributed by atoms with Crippen LogP contribution in [0.5, 0.6) is 0 Å². The third-order valence-corrected chi connectivity index (χ3v) is 4.72. The molecule has 0 aliphatic carbocycles. The number of hydroxylamine groups is 1. The van der Waals surface area contributed by atoms with E-state index in [2.05, 4.69) is 20.8 Å². The second kappa shape index (κ2) is 9.71. The number of benzene rings is 2. The van der Waals surface area contributed by atoms with E-state index in [0.717, 1.165) is 5.56 Å². The molecule has 0 radical (unpaired) electrons. The van der Waals surface area contributed by atoms with Crippen molar-refractivity contribution < 1.29 is 14.4 Å². The highest BCUT2D eigenvalue weighted by Crippen LogP contribution is 2.26. The maximum Gasteiger partial charge on any atom is 0.319 e. The molecular weight excluding hydrogens is 429 g/mol. The van der Waals surface area contributed by atoms with E-state index in [9.17, 15) is 9.59 Å². The number of carbonyl (C=O) groups excluding carboxylic acids is 2. The molecule has 2 amide bonds. The Labute approximate surface area is 183 Å². The summed E-state index contributed by atoms with van der Waals surface area (Å²) in [6.45, 7) is 3.77. The number of amides is 2. The van der Waals surface area contributed by atoms with Gasteiger partial charge in [0.2, 0.25) is 5.96 Å². The fraction of sp³-hybridized carbons (Fsp3) is 0.200. The average Bonchev–Trinajstić information content (AvgIpc) is 2.99. The van der Waals surface area contributed by atoms with Crippen LogP contribution in [0.1, 0.15) is 19.4 Å². The molecule has 0 aromatic heterocycles. The molecule has 0 spiro atoms. The number of aliphatic imine (C=N–C) groups is 2. The van der Waals surface area contributed by atoms with Gasteiger partial charge in [-0.2, -0.15) is 4.99 Å². The van der Waals surface area contributed by atoms with Gasteiger partial charge in [-0.1, -0.05) is 53.5 Å². The fourth-order valence-electron chi connectivity index (χ4n) is 2.59. The number of hydrogen-bond acceptors (Lipinski definition) is 4. The molecule has 2 aromatic rings. The SMILES string of the molecule is CC(C)N1C(=O)C(=O)N/C1=N\C(=Nc1ccc(Cl)c(Cl)c1)NOCc1ccccc1. The predicted molar refractivity (Wildman–Crippen MR) is 115 cm³/mol. The van der Waals surface area contributed by atoms with Gasteiger partial charge in [0.05, 0.1) is 22.3 Å². The van der Waals surface area contributed by atoms with Gasteiger partial charge < -0.3 is 0 Å². The molecule has 2 aromatic carbocycles. The largest absolute Gasteiger partial charge is 0.319 e. The highest BCUT2D eigenvalue weighted by Gasteiger charge is 2.37. The molecular formula is C20H19Cl2N5O3. The Morgan fingerprint density at radius 1 is 1.13 bits per heavy atom. The lowest BCUT2D eigenvalue weighted by Crippen LogP contribution is -2.39. The van der Waals surface area contributed by atoms with Crippen molar-refractivity contribution in [3.63, 3.8) is 0 Å². The zero-order valence-corrected chi connectivity index (χ0v) is 17.7. The molecule has 1 aliphatic rings. The molecule has 10 heteroatoms. The van der Waals surface area contributed by atoms with Crippen molar-refractivity contribution in [1.29, 1.82) is 0 Å². The van der Waals surface area contributed by atoms with Crippen molar-refractivity contribution in [3.05, 3.63) is 64.1 Å². The number of hydrogen-bond donors (Lipinski definition) is 2. The van der Waals surface area contributed by atoms with Gasteiger partial charge >= 0.3 is 11.8 Å². The van der Waals surface area contributed by atoms with Crippen LogP contribution in [0.15, 0.2) is 58.5 Å². The molecule has 0 bridgehead atoms. The standard InChI is InChI=1S/C20H19Cl2N5O3/c1-12(2)27-18(29)17(28)24-20(27)25-19(23-14-8-9-15(21)16(22)10-14)26-30-11-13-6-4-3-5-7-13/h3-10,12H,11H2,1-2H3,(H2,23,24,25,26,28). The number of carbonyl (C=O) groups is 2. The van der Waals surface area contributed by atoms with E-state index in [4.69, 9.17) is 28.0 Å². The van der Waals surface area contributed by atoms with E-state index in [1.54, 1.807) is 32.0 Å². The van der Waals surface area contributed by atoms with E-state index >= 15 is 0 Å². The van der Waals surface area contributed by atoms with E-state index < -0.39 is 11.8 Å². The first kappa shape index (κ1) is 21.8. The normalized spacial score (nSPS) is 15.8. The Kier molecular flexibility index (Phi) is 7.04. The summed E-state index contributed by atoms with van der Waals surface area (Å²) in [7, 11) is 0. The number of nitrogens with one attached hydrogen (secondary N) is 2. The van der Waals surface area contributed by atoms with Gasteiger partial charge in [-0.25, -0.2) is 10.5 Å². The van der Waals surface area contributed by atoms with Crippen LogP contribution in [0.2, 0.25) is 10.0 Å². The summed E-state index contributed by atoms with van der Waals surface area (Å²) >= 11 is 12.0.